The van der Waals surface area contributed by atoms with Gasteiger partial charge in [0, 0.05) is 24.3 Å². The third kappa shape index (κ3) is 7.55. The monoisotopic (exact) mass is 710 g/mol. The highest BCUT2D eigenvalue weighted by atomic mass is 16.9. The van der Waals surface area contributed by atoms with E-state index in [1.54, 1.807) is 24.7 Å². The third-order valence-electron chi connectivity index (χ3n) is 9.37. The standard InChI is InChI=1S/C42H46O10/c1-26(13-19-46-38-28-9-11-37(43)49-34(28)24-32-30(38)16-21-44-32)8-10-36-41(6,7)52-42(51-36)18-12-29-35(50-42)25-33-31(17-22-45-33)39(29)47-20-14-27(2)15-23-48-40(3,4)5/h9,11-14,16-18,21-22,24-25,36H,8,10,15,19-20,23H2,1-7H3/b26-13+,27-14+. The molecule has 10 nitrogen and oxygen atoms in total. The van der Waals surface area contributed by atoms with Crippen molar-refractivity contribution in [1.82, 2.24) is 0 Å². The quantitative estimate of drug-likeness (QED) is 0.0916. The average molecular weight is 711 g/mol. The first-order chi connectivity index (χ1) is 24.8. The van der Waals surface area contributed by atoms with E-state index in [4.69, 9.17) is 41.7 Å². The number of rotatable bonds is 12. The van der Waals surface area contributed by atoms with Crippen LogP contribution in [0.3, 0.4) is 0 Å². The molecule has 1 saturated heterocycles. The largest absolute Gasteiger partial charge is 0.488 e. The summed E-state index contributed by atoms with van der Waals surface area (Å²) in [6, 6.07) is 10.4. The van der Waals surface area contributed by atoms with Crippen LogP contribution in [0.1, 0.15) is 73.3 Å². The minimum absolute atomic E-state index is 0.165. The third-order valence-corrected chi connectivity index (χ3v) is 9.37. The van der Waals surface area contributed by atoms with Crippen molar-refractivity contribution >= 4 is 39.0 Å². The predicted octanol–water partition coefficient (Wildman–Crippen LogP) is 9.87. The van der Waals surface area contributed by atoms with Crippen molar-refractivity contribution in [3.8, 4) is 17.2 Å². The molecule has 1 spiro atoms. The molecule has 0 aliphatic carbocycles. The molecule has 52 heavy (non-hydrogen) atoms. The molecule has 274 valence electrons. The van der Waals surface area contributed by atoms with Crippen LogP contribution < -0.4 is 19.8 Å². The van der Waals surface area contributed by atoms with Crippen molar-refractivity contribution in [2.75, 3.05) is 19.8 Å². The van der Waals surface area contributed by atoms with E-state index in [-0.39, 0.29) is 11.7 Å². The lowest BCUT2D eigenvalue weighted by atomic mass is 9.96. The molecule has 10 heteroatoms. The smallest absolute Gasteiger partial charge is 0.350 e. The molecule has 2 aromatic carbocycles. The summed E-state index contributed by atoms with van der Waals surface area (Å²) in [6.07, 6.45) is 13.2. The molecule has 0 amide bonds. The van der Waals surface area contributed by atoms with Gasteiger partial charge in [-0.25, -0.2) is 4.79 Å². The molecule has 0 N–H and O–H groups in total. The second-order valence-electron chi connectivity index (χ2n) is 15.0. The van der Waals surface area contributed by atoms with Crippen molar-refractivity contribution < 1.29 is 41.7 Å². The van der Waals surface area contributed by atoms with Crippen LogP contribution in [-0.2, 0) is 14.2 Å². The molecule has 2 aliphatic heterocycles. The molecule has 0 bridgehead atoms. The molecule has 7 rings (SSSR count). The Morgan fingerprint density at radius 3 is 2.23 bits per heavy atom. The molecule has 2 unspecified atom stereocenters. The van der Waals surface area contributed by atoms with E-state index in [2.05, 4.69) is 40.7 Å². The minimum atomic E-state index is -1.39. The van der Waals surface area contributed by atoms with Gasteiger partial charge in [0.1, 0.15) is 47.2 Å². The van der Waals surface area contributed by atoms with E-state index in [1.165, 1.54) is 11.6 Å². The van der Waals surface area contributed by atoms with Crippen molar-refractivity contribution in [2.24, 2.45) is 0 Å². The van der Waals surface area contributed by atoms with Crippen LogP contribution >= 0.6 is 0 Å². The second kappa shape index (κ2) is 14.0. The van der Waals surface area contributed by atoms with Crippen molar-refractivity contribution in [1.29, 1.82) is 0 Å². The number of hydrogen-bond acceptors (Lipinski definition) is 10. The topological polar surface area (TPSA) is 112 Å². The van der Waals surface area contributed by atoms with Gasteiger partial charge in [-0.15, -0.1) is 0 Å². The first-order valence-electron chi connectivity index (χ1n) is 17.7. The van der Waals surface area contributed by atoms with Gasteiger partial charge < -0.3 is 41.7 Å². The number of hydrogen-bond donors (Lipinski definition) is 0. The molecule has 2 aliphatic rings. The van der Waals surface area contributed by atoms with E-state index in [1.807, 2.05) is 50.3 Å². The Morgan fingerprint density at radius 2 is 1.50 bits per heavy atom. The maximum atomic E-state index is 11.8. The molecule has 5 heterocycles. The number of benzene rings is 2. The van der Waals surface area contributed by atoms with E-state index in [0.29, 0.717) is 65.6 Å². The van der Waals surface area contributed by atoms with E-state index in [9.17, 15) is 4.79 Å². The lowest BCUT2D eigenvalue weighted by Crippen LogP contribution is -2.38. The number of allylic oxidation sites excluding steroid dienone is 1. The van der Waals surface area contributed by atoms with Crippen LogP contribution in [-0.4, -0.2) is 43.1 Å². The lowest BCUT2D eigenvalue weighted by Gasteiger charge is -2.30. The van der Waals surface area contributed by atoms with Gasteiger partial charge in [-0.05, 0) is 104 Å². The fourth-order valence-electron chi connectivity index (χ4n) is 6.55. The van der Waals surface area contributed by atoms with Crippen molar-refractivity contribution in [2.45, 2.75) is 91.0 Å². The Labute approximate surface area is 302 Å². The number of ether oxygens (including phenoxy) is 6. The summed E-state index contributed by atoms with van der Waals surface area (Å²) in [5.41, 5.74) is 3.56. The molecule has 2 atom stereocenters. The predicted molar refractivity (Wildman–Crippen MR) is 199 cm³/mol. The van der Waals surface area contributed by atoms with Gasteiger partial charge in [0.2, 0.25) is 0 Å². The molecule has 3 aromatic heterocycles. The van der Waals surface area contributed by atoms with Gasteiger partial charge in [0.05, 0.1) is 58.2 Å². The van der Waals surface area contributed by atoms with Gasteiger partial charge in [-0.1, -0.05) is 11.1 Å². The summed E-state index contributed by atoms with van der Waals surface area (Å²) in [5.74, 6) is 0.464. The van der Waals surface area contributed by atoms with Crippen molar-refractivity contribution in [3.63, 3.8) is 0 Å². The van der Waals surface area contributed by atoms with Crippen LogP contribution in [0.5, 0.6) is 17.2 Å². The maximum absolute atomic E-state index is 11.8. The van der Waals surface area contributed by atoms with Gasteiger partial charge in [0.25, 0.3) is 0 Å². The Balaban J connectivity index is 1.00. The SMILES string of the molecule is C/C(=C\COc1c2c(cc3occc13)OC1(C=C2)OC(CC/C(C)=C/COc2c3ccoc3cc3oc(=O)ccc23)C(C)(C)O1)CCOC(C)(C)C. The van der Waals surface area contributed by atoms with Crippen LogP contribution in [0.25, 0.3) is 39.0 Å². The molecular formula is C42H46O10. The van der Waals surface area contributed by atoms with E-state index in [0.717, 1.165) is 34.8 Å². The van der Waals surface area contributed by atoms with E-state index < -0.39 is 17.2 Å². The number of furan rings is 2. The Morgan fingerprint density at radius 1 is 0.846 bits per heavy atom. The fraction of sp³-hybridized carbons (Fsp3) is 0.405. The lowest BCUT2D eigenvalue weighted by molar-refractivity contribution is -0.270. The zero-order valence-corrected chi connectivity index (χ0v) is 30.8. The first kappa shape index (κ1) is 35.6. The van der Waals surface area contributed by atoms with Crippen LogP contribution in [0.15, 0.2) is 96.3 Å². The van der Waals surface area contributed by atoms with Crippen LogP contribution in [0, 0.1) is 0 Å². The van der Waals surface area contributed by atoms with Gasteiger partial charge >= 0.3 is 11.6 Å². The fourth-order valence-corrected chi connectivity index (χ4v) is 6.55. The minimum Gasteiger partial charge on any atom is -0.488 e. The van der Waals surface area contributed by atoms with Crippen LogP contribution in [0.2, 0.25) is 0 Å². The first-order valence-corrected chi connectivity index (χ1v) is 17.7. The molecular weight excluding hydrogens is 664 g/mol. The van der Waals surface area contributed by atoms with Gasteiger partial charge in [-0.2, -0.15) is 0 Å². The molecule has 1 fully saturated rings. The summed E-state index contributed by atoms with van der Waals surface area (Å²) in [4.78, 5) is 11.8. The molecule has 5 aromatic rings. The zero-order valence-electron chi connectivity index (χ0n) is 30.8. The van der Waals surface area contributed by atoms with Gasteiger partial charge in [-0.3, -0.25) is 0 Å². The summed E-state index contributed by atoms with van der Waals surface area (Å²) < 4.78 is 54.7. The maximum Gasteiger partial charge on any atom is 0.350 e. The summed E-state index contributed by atoms with van der Waals surface area (Å²) in [7, 11) is 0. The Bertz CT molecular complexity index is 2240. The summed E-state index contributed by atoms with van der Waals surface area (Å²) >= 11 is 0. The van der Waals surface area contributed by atoms with Gasteiger partial charge in [0.15, 0.2) is 0 Å². The Kier molecular flexibility index (Phi) is 9.58. The van der Waals surface area contributed by atoms with Crippen LogP contribution in [0.4, 0.5) is 0 Å². The summed E-state index contributed by atoms with van der Waals surface area (Å²) in [6.45, 7) is 15.7. The highest BCUT2D eigenvalue weighted by Crippen LogP contribution is 2.48. The second-order valence-corrected chi connectivity index (χ2v) is 15.0. The zero-order chi connectivity index (χ0) is 36.7. The normalized spacial score (nSPS) is 20.2. The van der Waals surface area contributed by atoms with E-state index >= 15 is 0 Å². The molecule has 0 radical (unpaired) electrons. The van der Waals surface area contributed by atoms with Crippen molar-refractivity contribution in [3.05, 3.63) is 94.3 Å². The number of fused-ring (bicyclic) bond motifs is 4. The highest BCUT2D eigenvalue weighted by molar-refractivity contribution is 6.01. The average Bonchev–Trinajstić information content (AvgIpc) is 3.79. The molecule has 0 saturated carbocycles. The summed E-state index contributed by atoms with van der Waals surface area (Å²) in [5, 5.41) is 2.39. The highest BCUT2D eigenvalue weighted by Gasteiger charge is 2.54. The Hall–Kier alpha value is -4.77.